The number of rotatable bonds is 5. The highest BCUT2D eigenvalue weighted by Gasteiger charge is 2.25. The van der Waals surface area contributed by atoms with Gasteiger partial charge in [-0.3, -0.25) is 0 Å². The maximum atomic E-state index is 11.8. The second-order valence-electron chi connectivity index (χ2n) is 4.01. The Labute approximate surface area is 88.2 Å². The molecule has 0 aromatic rings. The van der Waals surface area contributed by atoms with Crippen molar-refractivity contribution in [1.29, 1.82) is 0 Å². The van der Waals surface area contributed by atoms with Gasteiger partial charge in [0.1, 0.15) is 0 Å². The van der Waals surface area contributed by atoms with Crippen molar-refractivity contribution >= 4 is 0 Å². The summed E-state index contributed by atoms with van der Waals surface area (Å²) >= 11 is 0. The Kier molecular flexibility index (Phi) is 5.39. The van der Waals surface area contributed by atoms with Gasteiger partial charge >= 0.3 is 6.18 Å². The van der Waals surface area contributed by atoms with Gasteiger partial charge in [-0.25, -0.2) is 0 Å². The molecule has 0 saturated carbocycles. The van der Waals surface area contributed by atoms with Crippen molar-refractivity contribution in [3.8, 4) is 0 Å². The summed E-state index contributed by atoms with van der Waals surface area (Å²) in [4.78, 5) is 0. The van der Waals surface area contributed by atoms with Crippen LogP contribution in [0, 0.1) is 5.92 Å². The van der Waals surface area contributed by atoms with E-state index < -0.39 is 12.6 Å². The van der Waals surface area contributed by atoms with Crippen LogP contribution in [-0.2, 0) is 4.74 Å². The van der Waals surface area contributed by atoms with Gasteiger partial charge in [-0.15, -0.1) is 0 Å². The first-order valence-corrected chi connectivity index (χ1v) is 5.43. The summed E-state index contributed by atoms with van der Waals surface area (Å²) in [5.41, 5.74) is 0. The zero-order valence-electron chi connectivity index (χ0n) is 8.78. The van der Waals surface area contributed by atoms with Gasteiger partial charge in [0.05, 0.1) is 6.61 Å². The first-order valence-electron chi connectivity index (χ1n) is 5.43. The molecule has 0 aromatic carbocycles. The molecular weight excluding hydrogens is 207 g/mol. The molecule has 0 bridgehead atoms. The van der Waals surface area contributed by atoms with Crippen molar-refractivity contribution < 1.29 is 17.9 Å². The fourth-order valence-corrected chi connectivity index (χ4v) is 1.69. The lowest BCUT2D eigenvalue weighted by Gasteiger charge is -2.22. The Morgan fingerprint density at radius 1 is 1.33 bits per heavy atom. The van der Waals surface area contributed by atoms with Gasteiger partial charge in [0.25, 0.3) is 0 Å². The molecule has 1 saturated heterocycles. The normalized spacial score (nSPS) is 23.0. The van der Waals surface area contributed by atoms with E-state index in [1.807, 2.05) is 0 Å². The second kappa shape index (κ2) is 6.33. The third-order valence-electron chi connectivity index (χ3n) is 2.50. The third kappa shape index (κ3) is 6.73. The Hall–Kier alpha value is -0.290. The Morgan fingerprint density at radius 2 is 2.13 bits per heavy atom. The van der Waals surface area contributed by atoms with Crippen molar-refractivity contribution in [2.75, 3.05) is 26.3 Å². The topological polar surface area (TPSA) is 21.3 Å². The van der Waals surface area contributed by atoms with E-state index in [-0.39, 0.29) is 6.42 Å². The summed E-state index contributed by atoms with van der Waals surface area (Å²) in [6.07, 6.45) is -2.37. The fraction of sp³-hybridized carbons (Fsp3) is 1.00. The molecule has 90 valence electrons. The molecule has 0 aromatic heterocycles. The number of alkyl halides is 3. The van der Waals surface area contributed by atoms with E-state index in [0.717, 1.165) is 32.6 Å². The van der Waals surface area contributed by atoms with E-state index >= 15 is 0 Å². The minimum atomic E-state index is -4.02. The second-order valence-corrected chi connectivity index (χ2v) is 4.01. The lowest BCUT2D eigenvalue weighted by atomic mass is 10.0. The van der Waals surface area contributed by atoms with Crippen LogP contribution in [0.25, 0.3) is 0 Å². The summed E-state index contributed by atoms with van der Waals surface area (Å²) < 4.78 is 40.6. The van der Waals surface area contributed by atoms with Crippen LogP contribution in [0.1, 0.15) is 25.7 Å². The standard InChI is InChI=1S/C10H18F3NO/c11-10(12,13)4-2-5-14-7-9-3-1-6-15-8-9/h9,14H,1-8H2. The van der Waals surface area contributed by atoms with Crippen LogP contribution in [0.15, 0.2) is 0 Å². The van der Waals surface area contributed by atoms with Crippen LogP contribution in [-0.4, -0.2) is 32.5 Å². The summed E-state index contributed by atoms with van der Waals surface area (Å²) in [5.74, 6) is 0.477. The number of halogens is 3. The Balaban J connectivity index is 1.92. The monoisotopic (exact) mass is 225 g/mol. The maximum Gasteiger partial charge on any atom is 0.389 e. The molecule has 1 atom stereocenters. The van der Waals surface area contributed by atoms with Crippen LogP contribution in [0.4, 0.5) is 13.2 Å². The SMILES string of the molecule is FC(F)(F)CCCNCC1CCCOC1. The summed E-state index contributed by atoms with van der Waals surface area (Å²) in [6.45, 7) is 2.78. The van der Waals surface area contributed by atoms with Gasteiger partial charge in [-0.1, -0.05) is 0 Å². The van der Waals surface area contributed by atoms with Crippen molar-refractivity contribution in [3.05, 3.63) is 0 Å². The minimum Gasteiger partial charge on any atom is -0.381 e. The van der Waals surface area contributed by atoms with Gasteiger partial charge in [-0.05, 0) is 31.7 Å². The molecule has 15 heavy (non-hydrogen) atoms. The van der Waals surface area contributed by atoms with Crippen LogP contribution in [0.5, 0.6) is 0 Å². The highest BCUT2D eigenvalue weighted by atomic mass is 19.4. The molecule has 1 rings (SSSR count). The smallest absolute Gasteiger partial charge is 0.381 e. The lowest BCUT2D eigenvalue weighted by Crippen LogP contribution is -2.30. The van der Waals surface area contributed by atoms with Gasteiger partial charge in [0, 0.05) is 19.6 Å². The molecular formula is C10H18F3NO. The highest BCUT2D eigenvalue weighted by molar-refractivity contribution is 4.66. The van der Waals surface area contributed by atoms with Gasteiger partial charge in [0.2, 0.25) is 0 Å². The fourth-order valence-electron chi connectivity index (χ4n) is 1.69. The maximum absolute atomic E-state index is 11.8. The molecule has 1 unspecified atom stereocenters. The number of ether oxygens (including phenoxy) is 1. The Bertz CT molecular complexity index is 167. The van der Waals surface area contributed by atoms with E-state index in [9.17, 15) is 13.2 Å². The molecule has 1 aliphatic heterocycles. The molecule has 1 aliphatic rings. The molecule has 0 spiro atoms. The number of nitrogens with one attached hydrogen (secondary N) is 1. The van der Waals surface area contributed by atoms with E-state index in [4.69, 9.17) is 4.74 Å². The van der Waals surface area contributed by atoms with E-state index in [1.54, 1.807) is 0 Å². The highest BCUT2D eigenvalue weighted by Crippen LogP contribution is 2.20. The lowest BCUT2D eigenvalue weighted by molar-refractivity contribution is -0.135. The average Bonchev–Trinajstić information content (AvgIpc) is 2.17. The molecule has 2 nitrogen and oxygen atoms in total. The molecule has 0 amide bonds. The van der Waals surface area contributed by atoms with E-state index in [2.05, 4.69) is 5.32 Å². The predicted molar refractivity (Wildman–Crippen MR) is 51.7 cm³/mol. The van der Waals surface area contributed by atoms with E-state index in [1.165, 1.54) is 0 Å². The molecule has 5 heteroatoms. The van der Waals surface area contributed by atoms with Crippen LogP contribution >= 0.6 is 0 Å². The molecule has 0 aliphatic carbocycles. The van der Waals surface area contributed by atoms with Crippen molar-refractivity contribution in [3.63, 3.8) is 0 Å². The third-order valence-corrected chi connectivity index (χ3v) is 2.50. The molecule has 1 fully saturated rings. The predicted octanol–water partition coefficient (Wildman–Crippen LogP) is 2.35. The first-order chi connectivity index (χ1) is 7.08. The summed E-state index contributed by atoms with van der Waals surface area (Å²) in [5, 5.41) is 3.05. The largest absolute Gasteiger partial charge is 0.389 e. The van der Waals surface area contributed by atoms with Crippen molar-refractivity contribution in [1.82, 2.24) is 5.32 Å². The molecule has 1 N–H and O–H groups in total. The summed E-state index contributed by atoms with van der Waals surface area (Å²) in [6, 6.07) is 0. The van der Waals surface area contributed by atoms with Crippen molar-refractivity contribution in [2.24, 2.45) is 5.92 Å². The number of hydrogen-bond donors (Lipinski definition) is 1. The van der Waals surface area contributed by atoms with Gasteiger partial charge in [-0.2, -0.15) is 13.2 Å². The first kappa shape index (κ1) is 12.8. The zero-order valence-corrected chi connectivity index (χ0v) is 8.78. The Morgan fingerprint density at radius 3 is 2.73 bits per heavy atom. The molecule has 0 radical (unpaired) electrons. The van der Waals surface area contributed by atoms with Crippen LogP contribution < -0.4 is 5.32 Å². The van der Waals surface area contributed by atoms with Crippen LogP contribution in [0.3, 0.4) is 0 Å². The van der Waals surface area contributed by atoms with Crippen molar-refractivity contribution in [2.45, 2.75) is 31.9 Å². The van der Waals surface area contributed by atoms with Gasteiger partial charge in [0.15, 0.2) is 0 Å². The molecule has 1 heterocycles. The minimum absolute atomic E-state index is 0.164. The average molecular weight is 225 g/mol. The zero-order chi connectivity index (χ0) is 11.1. The quantitative estimate of drug-likeness (QED) is 0.725. The van der Waals surface area contributed by atoms with Gasteiger partial charge < -0.3 is 10.1 Å². The van der Waals surface area contributed by atoms with Crippen LogP contribution in [0.2, 0.25) is 0 Å². The number of hydrogen-bond acceptors (Lipinski definition) is 2. The van der Waals surface area contributed by atoms with E-state index in [0.29, 0.717) is 12.5 Å². The summed E-state index contributed by atoms with van der Waals surface area (Å²) in [7, 11) is 0.